The predicted octanol–water partition coefficient (Wildman–Crippen LogP) is 5.89. The first-order valence-corrected chi connectivity index (χ1v) is 13.9. The van der Waals surface area contributed by atoms with Gasteiger partial charge in [0.2, 0.25) is 0 Å². The summed E-state index contributed by atoms with van der Waals surface area (Å²) < 4.78 is 0. The normalized spacial score (nSPS) is 11.6. The van der Waals surface area contributed by atoms with Crippen molar-refractivity contribution in [1.29, 1.82) is 0 Å². The molecule has 0 fully saturated rings. The van der Waals surface area contributed by atoms with Crippen LogP contribution in [0.3, 0.4) is 0 Å². The minimum absolute atomic E-state index is 0.582. The SMILES string of the molecule is CCCCCCCCCCCCCCCCCCC(S)C(=O)[O-].[CH3][Sn+]. The van der Waals surface area contributed by atoms with Gasteiger partial charge in [0, 0.05) is 5.25 Å². The Morgan fingerprint density at radius 3 is 1.28 bits per heavy atom. The number of carbonyl (C=O) groups excluding carboxylic acids is 1. The van der Waals surface area contributed by atoms with Crippen LogP contribution in [0.2, 0.25) is 4.94 Å². The van der Waals surface area contributed by atoms with Gasteiger partial charge in [-0.15, -0.1) is 0 Å². The summed E-state index contributed by atoms with van der Waals surface area (Å²) in [7, 11) is 0. The second-order valence-corrected chi connectivity index (χ2v) is 7.55. The fraction of sp³-hybridized carbons (Fsp3) is 0.952. The molecular weight excluding hydrogens is 435 g/mol. The van der Waals surface area contributed by atoms with E-state index >= 15 is 0 Å². The summed E-state index contributed by atoms with van der Waals surface area (Å²) in [6, 6.07) is 0. The van der Waals surface area contributed by atoms with E-state index < -0.39 is 11.2 Å². The molecule has 0 saturated heterocycles. The molecule has 0 amide bonds. The summed E-state index contributed by atoms with van der Waals surface area (Å²) in [5, 5.41) is 9.92. The van der Waals surface area contributed by atoms with Gasteiger partial charge in [-0.2, -0.15) is 12.6 Å². The van der Waals surface area contributed by atoms with Crippen LogP contribution in [0.5, 0.6) is 0 Å². The zero-order valence-electron chi connectivity index (χ0n) is 16.9. The topological polar surface area (TPSA) is 40.1 Å². The molecule has 0 bridgehead atoms. The van der Waals surface area contributed by atoms with Crippen LogP contribution in [0.1, 0.15) is 116 Å². The molecule has 0 heterocycles. The van der Waals surface area contributed by atoms with Crippen LogP contribution in [-0.4, -0.2) is 33.7 Å². The molecule has 0 N–H and O–H groups in total. The monoisotopic (exact) mass is 478 g/mol. The molecule has 0 aliphatic rings. The zero-order valence-corrected chi connectivity index (χ0v) is 20.6. The van der Waals surface area contributed by atoms with Gasteiger partial charge in [-0.1, -0.05) is 110 Å². The predicted molar refractivity (Wildman–Crippen MR) is 114 cm³/mol. The van der Waals surface area contributed by atoms with Crippen LogP contribution in [0.4, 0.5) is 0 Å². The maximum atomic E-state index is 10.5. The Hall–Kier alpha value is 0.619. The van der Waals surface area contributed by atoms with Crippen LogP contribution in [0, 0.1) is 0 Å². The van der Waals surface area contributed by atoms with Crippen LogP contribution in [0.25, 0.3) is 0 Å². The number of aliphatic carboxylic acids is 1. The van der Waals surface area contributed by atoms with Gasteiger partial charge in [0.25, 0.3) is 0 Å². The molecule has 2 nitrogen and oxygen atoms in total. The van der Waals surface area contributed by atoms with Crippen LogP contribution in [0.15, 0.2) is 0 Å². The number of carbonyl (C=O) groups is 1. The molecule has 0 aromatic heterocycles. The van der Waals surface area contributed by atoms with Crippen molar-refractivity contribution in [3.63, 3.8) is 0 Å². The summed E-state index contributed by atoms with van der Waals surface area (Å²) >= 11 is 5.54. The summed E-state index contributed by atoms with van der Waals surface area (Å²) in [4.78, 5) is 12.6. The molecule has 0 aromatic carbocycles. The van der Waals surface area contributed by atoms with Crippen molar-refractivity contribution < 1.29 is 9.90 Å². The van der Waals surface area contributed by atoms with Crippen molar-refractivity contribution in [3.05, 3.63) is 0 Å². The molecule has 0 saturated carbocycles. The fourth-order valence-electron chi connectivity index (χ4n) is 3.00. The number of carboxylic acids is 1. The Bertz CT molecular complexity index is 262. The number of hydrogen-bond acceptors (Lipinski definition) is 3. The Balaban J connectivity index is 0. The third-order valence-electron chi connectivity index (χ3n) is 4.60. The van der Waals surface area contributed by atoms with Gasteiger partial charge in [0.1, 0.15) is 0 Å². The number of hydrogen-bond donors (Lipinski definition) is 1. The summed E-state index contributed by atoms with van der Waals surface area (Å²) in [6.07, 6.45) is 22.1. The first kappa shape index (κ1) is 27.8. The average Bonchev–Trinajstić information content (AvgIpc) is 2.62. The van der Waals surface area contributed by atoms with Gasteiger partial charge >= 0.3 is 27.5 Å². The van der Waals surface area contributed by atoms with Gasteiger partial charge < -0.3 is 9.90 Å². The molecule has 1 unspecified atom stereocenters. The van der Waals surface area contributed by atoms with E-state index in [4.69, 9.17) is 0 Å². The molecule has 0 aromatic rings. The van der Waals surface area contributed by atoms with Gasteiger partial charge in [0.05, 0.1) is 5.97 Å². The molecule has 0 rings (SSSR count). The Morgan fingerprint density at radius 2 is 1.00 bits per heavy atom. The van der Waals surface area contributed by atoms with Crippen LogP contribution < -0.4 is 5.11 Å². The standard InChI is InChI=1S/C20H40O2S.CH3.Sn/c1-2-3-4-5-6-7-8-9-10-11-12-13-14-15-16-17-18-19(23)20(21)22;;/h19,23H,2-18H2,1H3,(H,21,22);1H3;/q;;+1/p-1. The first-order valence-electron chi connectivity index (χ1n) is 10.6. The average molecular weight is 477 g/mol. The summed E-state index contributed by atoms with van der Waals surface area (Å²) in [6.45, 7) is 2.27. The van der Waals surface area contributed by atoms with Crippen molar-refractivity contribution in [1.82, 2.24) is 0 Å². The van der Waals surface area contributed by atoms with Gasteiger partial charge in [0.15, 0.2) is 0 Å². The van der Waals surface area contributed by atoms with Crippen molar-refractivity contribution in [2.75, 3.05) is 0 Å². The van der Waals surface area contributed by atoms with E-state index in [9.17, 15) is 9.90 Å². The van der Waals surface area contributed by atoms with E-state index in [1.54, 1.807) is 22.5 Å². The van der Waals surface area contributed by atoms with Crippen molar-refractivity contribution in [2.24, 2.45) is 0 Å². The quantitative estimate of drug-likeness (QED) is 0.152. The molecule has 0 spiro atoms. The van der Waals surface area contributed by atoms with Gasteiger partial charge in [-0.25, -0.2) is 0 Å². The van der Waals surface area contributed by atoms with Gasteiger partial charge in [-0.3, -0.25) is 0 Å². The van der Waals surface area contributed by atoms with E-state index in [-0.39, 0.29) is 0 Å². The van der Waals surface area contributed by atoms with Crippen LogP contribution >= 0.6 is 12.6 Å². The molecule has 25 heavy (non-hydrogen) atoms. The molecule has 2 radical (unpaired) electrons. The second kappa shape index (κ2) is 24.6. The van der Waals surface area contributed by atoms with Crippen molar-refractivity contribution in [3.8, 4) is 0 Å². The summed E-state index contributed by atoms with van der Waals surface area (Å²) in [5.74, 6) is -1.03. The van der Waals surface area contributed by atoms with Crippen LogP contribution in [-0.2, 0) is 4.79 Å². The van der Waals surface area contributed by atoms with Gasteiger partial charge in [-0.05, 0) is 6.42 Å². The molecule has 1 atom stereocenters. The zero-order chi connectivity index (χ0) is 19.2. The number of carboxylic acid groups (broad SMARTS) is 1. The Kier molecular flexibility index (Phi) is 27.4. The second-order valence-electron chi connectivity index (χ2n) is 6.93. The number of thiol groups is 1. The van der Waals surface area contributed by atoms with E-state index in [1.807, 2.05) is 0 Å². The summed E-state index contributed by atoms with van der Waals surface area (Å²) in [5.41, 5.74) is 0. The third-order valence-corrected chi connectivity index (χ3v) is 5.07. The number of unbranched alkanes of at least 4 members (excludes halogenated alkanes) is 15. The molecular formula is C21H42O2SSn. The van der Waals surface area contributed by atoms with Crippen molar-refractivity contribution in [2.45, 2.75) is 126 Å². The Morgan fingerprint density at radius 1 is 0.720 bits per heavy atom. The molecule has 0 aliphatic heterocycles. The van der Waals surface area contributed by atoms with E-state index in [2.05, 4.69) is 24.5 Å². The maximum absolute atomic E-state index is 10.5. The van der Waals surface area contributed by atoms with E-state index in [0.717, 1.165) is 12.8 Å². The van der Waals surface area contributed by atoms with Crippen molar-refractivity contribution >= 4 is 41.1 Å². The number of rotatable bonds is 18. The Labute approximate surface area is 176 Å². The van der Waals surface area contributed by atoms with E-state index in [0.29, 0.717) is 6.42 Å². The minimum atomic E-state index is -1.03. The molecule has 148 valence electrons. The molecule has 0 aliphatic carbocycles. The first-order chi connectivity index (χ1) is 12.2. The fourth-order valence-corrected chi connectivity index (χ4v) is 3.19. The third kappa shape index (κ3) is 24.6. The van der Waals surface area contributed by atoms with E-state index in [1.165, 1.54) is 89.9 Å². The molecule has 4 heteroatoms.